The summed E-state index contributed by atoms with van der Waals surface area (Å²) in [7, 11) is 0. The van der Waals surface area contributed by atoms with Crippen molar-refractivity contribution in [1.82, 2.24) is 9.97 Å². The molecule has 1 aromatic heterocycles. The zero-order valence-corrected chi connectivity index (χ0v) is 14.1. The van der Waals surface area contributed by atoms with Gasteiger partial charge in [-0.1, -0.05) is 29.3 Å². The lowest BCUT2D eigenvalue weighted by molar-refractivity contribution is 0.102. The number of anilines is 3. The van der Waals surface area contributed by atoms with Crippen molar-refractivity contribution in [2.45, 2.75) is 0 Å². The summed E-state index contributed by atoms with van der Waals surface area (Å²) in [4.78, 5) is 20.3. The molecule has 126 valence electrons. The Labute approximate surface area is 152 Å². The number of hydrogen-bond donors (Lipinski definition) is 2. The minimum atomic E-state index is -0.464. The van der Waals surface area contributed by atoms with Crippen molar-refractivity contribution in [2.75, 3.05) is 10.6 Å². The van der Waals surface area contributed by atoms with Crippen molar-refractivity contribution in [1.29, 1.82) is 0 Å². The molecule has 1 heterocycles. The molecule has 3 aromatic rings. The molecule has 0 aliphatic heterocycles. The molecule has 0 saturated carbocycles. The average Bonchev–Trinajstić information content (AvgIpc) is 2.58. The van der Waals surface area contributed by atoms with Crippen LogP contribution in [-0.2, 0) is 0 Å². The minimum Gasteiger partial charge on any atom is -0.339 e. The van der Waals surface area contributed by atoms with Crippen LogP contribution in [0.5, 0.6) is 0 Å². The lowest BCUT2D eigenvalue weighted by Gasteiger charge is -2.08. The third-order valence-corrected chi connectivity index (χ3v) is 3.71. The molecular formula is C17H11Cl2FN4O. The van der Waals surface area contributed by atoms with E-state index in [0.717, 1.165) is 0 Å². The van der Waals surface area contributed by atoms with Gasteiger partial charge >= 0.3 is 0 Å². The highest BCUT2D eigenvalue weighted by molar-refractivity contribution is 6.36. The Balaban J connectivity index is 1.70. The molecule has 0 fully saturated rings. The number of halogens is 3. The topological polar surface area (TPSA) is 66.9 Å². The summed E-state index contributed by atoms with van der Waals surface area (Å²) in [5, 5.41) is 6.31. The molecule has 0 spiro atoms. The third-order valence-electron chi connectivity index (χ3n) is 3.16. The highest BCUT2D eigenvalue weighted by atomic mass is 35.5. The van der Waals surface area contributed by atoms with Crippen molar-refractivity contribution in [3.8, 4) is 0 Å². The molecule has 0 saturated heterocycles. The van der Waals surface area contributed by atoms with Gasteiger partial charge in [0.15, 0.2) is 0 Å². The van der Waals surface area contributed by atoms with Crippen molar-refractivity contribution < 1.29 is 9.18 Å². The Bertz CT molecular complexity index is 919. The number of amides is 1. The molecule has 2 N–H and O–H groups in total. The Kier molecular flexibility index (Phi) is 5.11. The minimum absolute atomic E-state index is 0.107. The van der Waals surface area contributed by atoms with Gasteiger partial charge in [0.25, 0.3) is 5.91 Å². The Morgan fingerprint density at radius 3 is 2.56 bits per heavy atom. The normalized spacial score (nSPS) is 10.4. The predicted octanol–water partition coefficient (Wildman–Crippen LogP) is 4.92. The van der Waals surface area contributed by atoms with E-state index in [1.54, 1.807) is 24.3 Å². The summed E-state index contributed by atoms with van der Waals surface area (Å²) in [5.74, 6) is -0.450. The smallest absolute Gasteiger partial charge is 0.275 e. The molecule has 0 unspecified atom stereocenters. The summed E-state index contributed by atoms with van der Waals surface area (Å²) in [5.41, 5.74) is 1.05. The highest BCUT2D eigenvalue weighted by Crippen LogP contribution is 2.25. The monoisotopic (exact) mass is 376 g/mol. The molecule has 2 aromatic carbocycles. The van der Waals surface area contributed by atoms with E-state index in [1.807, 2.05) is 0 Å². The second kappa shape index (κ2) is 7.46. The van der Waals surface area contributed by atoms with Crippen LogP contribution in [0.3, 0.4) is 0 Å². The fourth-order valence-electron chi connectivity index (χ4n) is 2.00. The summed E-state index contributed by atoms with van der Waals surface area (Å²) < 4.78 is 13.2. The number of hydrogen-bond acceptors (Lipinski definition) is 4. The molecule has 3 rings (SSSR count). The number of benzene rings is 2. The SMILES string of the molecule is O=C(Nc1ccc(Cl)cc1Cl)c1cnc(Nc2cccc(F)c2)cn1. The van der Waals surface area contributed by atoms with E-state index in [0.29, 0.717) is 27.2 Å². The molecule has 5 nitrogen and oxygen atoms in total. The van der Waals surface area contributed by atoms with Crippen molar-refractivity contribution in [3.63, 3.8) is 0 Å². The summed E-state index contributed by atoms with van der Waals surface area (Å²) in [6.07, 6.45) is 2.68. The van der Waals surface area contributed by atoms with Crippen molar-refractivity contribution in [3.05, 3.63) is 76.4 Å². The Morgan fingerprint density at radius 1 is 1.04 bits per heavy atom. The quantitative estimate of drug-likeness (QED) is 0.678. The lowest BCUT2D eigenvalue weighted by atomic mass is 10.3. The number of carbonyl (C=O) groups is 1. The van der Waals surface area contributed by atoms with Gasteiger partial charge in [0.05, 0.1) is 23.1 Å². The highest BCUT2D eigenvalue weighted by Gasteiger charge is 2.11. The number of carbonyl (C=O) groups excluding carboxylic acids is 1. The van der Waals surface area contributed by atoms with Gasteiger partial charge in [-0.25, -0.2) is 14.4 Å². The lowest BCUT2D eigenvalue weighted by Crippen LogP contribution is -2.14. The van der Waals surface area contributed by atoms with E-state index < -0.39 is 5.91 Å². The van der Waals surface area contributed by atoms with E-state index in [1.165, 1.54) is 30.6 Å². The molecule has 25 heavy (non-hydrogen) atoms. The van der Waals surface area contributed by atoms with E-state index >= 15 is 0 Å². The Morgan fingerprint density at radius 2 is 1.88 bits per heavy atom. The second-order valence-electron chi connectivity index (χ2n) is 5.00. The first-order valence-electron chi connectivity index (χ1n) is 7.12. The van der Waals surface area contributed by atoms with E-state index in [9.17, 15) is 9.18 Å². The van der Waals surface area contributed by atoms with Gasteiger partial charge in [-0.2, -0.15) is 0 Å². The number of rotatable bonds is 4. The van der Waals surface area contributed by atoms with Gasteiger partial charge in [-0.05, 0) is 36.4 Å². The van der Waals surface area contributed by atoms with Gasteiger partial charge in [-0.15, -0.1) is 0 Å². The molecule has 0 atom stereocenters. The molecular weight excluding hydrogens is 366 g/mol. The maximum Gasteiger partial charge on any atom is 0.275 e. The number of nitrogens with zero attached hydrogens (tertiary/aromatic N) is 2. The third kappa shape index (κ3) is 4.43. The first-order chi connectivity index (χ1) is 12.0. The van der Waals surface area contributed by atoms with Crippen LogP contribution >= 0.6 is 23.2 Å². The largest absolute Gasteiger partial charge is 0.339 e. The maximum atomic E-state index is 13.2. The van der Waals surface area contributed by atoms with Crippen molar-refractivity contribution >= 4 is 46.3 Å². The van der Waals surface area contributed by atoms with E-state index in [4.69, 9.17) is 23.2 Å². The second-order valence-corrected chi connectivity index (χ2v) is 5.84. The zero-order valence-electron chi connectivity index (χ0n) is 12.6. The predicted molar refractivity (Wildman–Crippen MR) is 96.1 cm³/mol. The number of aromatic nitrogens is 2. The van der Waals surface area contributed by atoms with Crippen LogP contribution in [0, 0.1) is 5.82 Å². The van der Waals surface area contributed by atoms with E-state index in [-0.39, 0.29) is 11.5 Å². The zero-order chi connectivity index (χ0) is 17.8. The fourth-order valence-corrected chi connectivity index (χ4v) is 2.46. The van der Waals surface area contributed by atoms with Gasteiger partial charge < -0.3 is 10.6 Å². The Hall–Kier alpha value is -2.70. The van der Waals surface area contributed by atoms with Gasteiger partial charge in [0.2, 0.25) is 0 Å². The first-order valence-corrected chi connectivity index (χ1v) is 7.88. The summed E-state index contributed by atoms with van der Waals surface area (Å²) >= 11 is 11.8. The molecule has 1 amide bonds. The summed E-state index contributed by atoms with van der Waals surface area (Å²) in [6, 6.07) is 10.7. The molecule has 0 aliphatic rings. The maximum absolute atomic E-state index is 13.2. The van der Waals surface area contributed by atoms with Gasteiger partial charge in [0.1, 0.15) is 17.3 Å². The van der Waals surface area contributed by atoms with Crippen LogP contribution in [0.4, 0.5) is 21.6 Å². The average molecular weight is 377 g/mol. The first kappa shape index (κ1) is 17.1. The molecule has 0 aliphatic carbocycles. The number of nitrogens with one attached hydrogen (secondary N) is 2. The van der Waals surface area contributed by atoms with Crippen LogP contribution in [0.1, 0.15) is 10.5 Å². The summed E-state index contributed by atoms with van der Waals surface area (Å²) in [6.45, 7) is 0. The standard InChI is InChI=1S/C17H11Cl2FN4O/c18-10-4-5-14(13(19)6-10)24-17(25)15-8-22-16(9-21-15)23-12-3-1-2-11(20)7-12/h1-9H,(H,22,23)(H,24,25). The van der Waals surface area contributed by atoms with E-state index in [2.05, 4.69) is 20.6 Å². The van der Waals surface area contributed by atoms with Gasteiger partial charge in [0, 0.05) is 10.7 Å². The van der Waals surface area contributed by atoms with Crippen LogP contribution in [-0.4, -0.2) is 15.9 Å². The van der Waals surface area contributed by atoms with Gasteiger partial charge in [-0.3, -0.25) is 4.79 Å². The molecule has 0 radical (unpaired) electrons. The van der Waals surface area contributed by atoms with Crippen LogP contribution in [0.25, 0.3) is 0 Å². The molecule has 0 bridgehead atoms. The van der Waals surface area contributed by atoms with Crippen LogP contribution in [0.15, 0.2) is 54.9 Å². The van der Waals surface area contributed by atoms with Crippen LogP contribution < -0.4 is 10.6 Å². The van der Waals surface area contributed by atoms with Crippen molar-refractivity contribution in [2.24, 2.45) is 0 Å². The fraction of sp³-hybridized carbons (Fsp3) is 0. The van der Waals surface area contributed by atoms with Crippen LogP contribution in [0.2, 0.25) is 10.0 Å². The molecule has 8 heteroatoms.